The van der Waals surface area contributed by atoms with Crippen molar-refractivity contribution < 1.29 is 4.79 Å². The Labute approximate surface area is 120 Å². The topological polar surface area (TPSA) is 62.5 Å². The molecule has 0 spiro atoms. The third-order valence-electron chi connectivity index (χ3n) is 3.92. The van der Waals surface area contributed by atoms with Crippen LogP contribution in [0.25, 0.3) is 0 Å². The van der Waals surface area contributed by atoms with Gasteiger partial charge in [0.05, 0.1) is 0 Å². The van der Waals surface area contributed by atoms with Crippen LogP contribution < -0.4 is 5.73 Å². The zero-order chi connectivity index (χ0) is 14.7. The highest BCUT2D eigenvalue weighted by Crippen LogP contribution is 2.18. The van der Waals surface area contributed by atoms with Crippen molar-refractivity contribution in [3.8, 4) is 0 Å². The summed E-state index contributed by atoms with van der Waals surface area (Å²) in [6.07, 6.45) is 2.98. The molecule has 110 valence electrons. The van der Waals surface area contributed by atoms with E-state index >= 15 is 0 Å². The van der Waals surface area contributed by atoms with Gasteiger partial charge in [-0.05, 0) is 45.5 Å². The highest BCUT2D eigenvalue weighted by molar-refractivity contribution is 5.95. The molecular weight excluding hydrogens is 252 g/mol. The van der Waals surface area contributed by atoms with E-state index in [-0.39, 0.29) is 5.91 Å². The molecule has 0 saturated carbocycles. The summed E-state index contributed by atoms with van der Waals surface area (Å²) in [6.45, 7) is 3.63. The molecule has 1 aromatic heterocycles. The number of nitrogens with zero attached hydrogens (tertiary/aromatic N) is 3. The van der Waals surface area contributed by atoms with Gasteiger partial charge in [-0.25, -0.2) is 4.98 Å². The van der Waals surface area contributed by atoms with Crippen LogP contribution in [0.3, 0.4) is 0 Å². The van der Waals surface area contributed by atoms with E-state index in [0.717, 1.165) is 38.0 Å². The molecule has 2 N–H and O–H groups in total. The van der Waals surface area contributed by atoms with Gasteiger partial charge in [-0.15, -0.1) is 0 Å². The minimum absolute atomic E-state index is 0.0698. The Bertz CT molecular complexity index is 487. The third kappa shape index (κ3) is 3.28. The fourth-order valence-electron chi connectivity index (χ4n) is 2.66. The molecule has 5 heteroatoms. The Kier molecular flexibility index (Phi) is 4.60. The number of aryl methyl sites for hydroxylation is 1. The highest BCUT2D eigenvalue weighted by Gasteiger charge is 2.25. The number of nitrogen functional groups attached to an aromatic ring is 1. The lowest BCUT2D eigenvalue weighted by atomic mass is 10.0. The zero-order valence-corrected chi connectivity index (χ0v) is 12.6. The van der Waals surface area contributed by atoms with Crippen LogP contribution in [0.2, 0.25) is 0 Å². The van der Waals surface area contributed by atoms with Crippen molar-refractivity contribution in [2.24, 2.45) is 0 Å². The van der Waals surface area contributed by atoms with E-state index in [0.29, 0.717) is 17.4 Å². The number of nitrogens with two attached hydrogens (primary N) is 1. The summed E-state index contributed by atoms with van der Waals surface area (Å²) in [4.78, 5) is 21.0. The normalized spacial score (nSPS) is 19.4. The molecule has 1 aliphatic heterocycles. The summed E-state index contributed by atoms with van der Waals surface area (Å²) in [5, 5.41) is 0. The van der Waals surface area contributed by atoms with Crippen LogP contribution in [-0.4, -0.2) is 53.9 Å². The fourth-order valence-corrected chi connectivity index (χ4v) is 2.66. The van der Waals surface area contributed by atoms with Crippen LogP contribution in [0.1, 0.15) is 35.8 Å². The van der Waals surface area contributed by atoms with Gasteiger partial charge < -0.3 is 15.5 Å². The first-order valence-electron chi connectivity index (χ1n) is 7.23. The Hall–Kier alpha value is -1.62. The summed E-state index contributed by atoms with van der Waals surface area (Å²) in [7, 11) is 4.14. The maximum absolute atomic E-state index is 12.6. The van der Waals surface area contributed by atoms with Gasteiger partial charge in [0.15, 0.2) is 0 Å². The molecule has 0 aromatic carbocycles. The Morgan fingerprint density at radius 3 is 2.90 bits per heavy atom. The van der Waals surface area contributed by atoms with Gasteiger partial charge in [-0.1, -0.05) is 6.92 Å². The standard InChI is InChI=1S/C15H24N4O/c1-4-12-8-11(9-14(16)17-12)15(20)19-7-5-6-13(10-19)18(2)3/h8-9,13H,4-7,10H2,1-3H3,(H2,16,17). The van der Waals surface area contributed by atoms with Crippen molar-refractivity contribution in [2.45, 2.75) is 32.2 Å². The van der Waals surface area contributed by atoms with Gasteiger partial charge in [0.1, 0.15) is 5.82 Å². The smallest absolute Gasteiger partial charge is 0.254 e. The van der Waals surface area contributed by atoms with Crippen LogP contribution in [0.4, 0.5) is 5.82 Å². The van der Waals surface area contributed by atoms with E-state index < -0.39 is 0 Å². The molecule has 0 radical (unpaired) electrons. The maximum Gasteiger partial charge on any atom is 0.254 e. The van der Waals surface area contributed by atoms with Crippen molar-refractivity contribution in [3.05, 3.63) is 23.4 Å². The van der Waals surface area contributed by atoms with Crippen molar-refractivity contribution in [3.63, 3.8) is 0 Å². The summed E-state index contributed by atoms with van der Waals surface area (Å²) in [5.41, 5.74) is 7.32. The number of anilines is 1. The Morgan fingerprint density at radius 1 is 1.50 bits per heavy atom. The van der Waals surface area contributed by atoms with Gasteiger partial charge in [-0.2, -0.15) is 0 Å². The second-order valence-electron chi connectivity index (χ2n) is 5.64. The number of likely N-dealkylation sites (tertiary alicyclic amines) is 1. The minimum atomic E-state index is 0.0698. The molecule has 2 heterocycles. The number of amides is 1. The SMILES string of the molecule is CCc1cc(C(=O)N2CCCC(N(C)C)C2)cc(N)n1. The van der Waals surface area contributed by atoms with Crippen LogP contribution >= 0.6 is 0 Å². The zero-order valence-electron chi connectivity index (χ0n) is 12.6. The maximum atomic E-state index is 12.6. The van der Waals surface area contributed by atoms with Gasteiger partial charge in [-0.3, -0.25) is 4.79 Å². The molecule has 1 atom stereocenters. The molecule has 2 rings (SSSR count). The molecular formula is C15H24N4O. The molecule has 1 saturated heterocycles. The number of hydrogen-bond donors (Lipinski definition) is 1. The van der Waals surface area contributed by atoms with Crippen LogP contribution in [0, 0.1) is 0 Å². The number of hydrogen-bond acceptors (Lipinski definition) is 4. The quantitative estimate of drug-likeness (QED) is 0.906. The van der Waals surface area contributed by atoms with Crippen molar-refractivity contribution in [2.75, 3.05) is 32.9 Å². The van der Waals surface area contributed by atoms with E-state index in [4.69, 9.17) is 5.73 Å². The molecule has 1 aromatic rings. The van der Waals surface area contributed by atoms with Crippen LogP contribution in [0.15, 0.2) is 12.1 Å². The Balaban J connectivity index is 2.16. The van der Waals surface area contributed by atoms with Gasteiger partial charge in [0.25, 0.3) is 5.91 Å². The molecule has 0 bridgehead atoms. The average molecular weight is 276 g/mol. The van der Waals surface area contributed by atoms with Crippen LogP contribution in [0.5, 0.6) is 0 Å². The number of piperidine rings is 1. The first-order chi connectivity index (χ1) is 9.51. The van der Waals surface area contributed by atoms with E-state index in [9.17, 15) is 4.79 Å². The molecule has 0 aliphatic carbocycles. The summed E-state index contributed by atoms with van der Waals surface area (Å²) < 4.78 is 0. The molecule has 1 unspecified atom stereocenters. The predicted molar refractivity (Wildman–Crippen MR) is 80.6 cm³/mol. The molecule has 1 aliphatic rings. The van der Waals surface area contributed by atoms with E-state index in [1.54, 1.807) is 6.07 Å². The van der Waals surface area contributed by atoms with Gasteiger partial charge >= 0.3 is 0 Å². The highest BCUT2D eigenvalue weighted by atomic mass is 16.2. The predicted octanol–water partition coefficient (Wildman–Crippen LogP) is 1.39. The van der Waals surface area contributed by atoms with Crippen molar-refractivity contribution in [1.29, 1.82) is 0 Å². The monoisotopic (exact) mass is 276 g/mol. The van der Waals surface area contributed by atoms with E-state index in [2.05, 4.69) is 24.0 Å². The molecule has 20 heavy (non-hydrogen) atoms. The lowest BCUT2D eigenvalue weighted by Crippen LogP contribution is -2.47. The number of carbonyl (C=O) groups is 1. The average Bonchev–Trinajstić information content (AvgIpc) is 2.45. The lowest BCUT2D eigenvalue weighted by molar-refractivity contribution is 0.0635. The Morgan fingerprint density at radius 2 is 2.25 bits per heavy atom. The second kappa shape index (κ2) is 6.22. The van der Waals surface area contributed by atoms with Gasteiger partial charge in [0, 0.05) is 30.4 Å². The lowest BCUT2D eigenvalue weighted by Gasteiger charge is -2.36. The second-order valence-corrected chi connectivity index (χ2v) is 5.64. The van der Waals surface area contributed by atoms with E-state index in [1.807, 2.05) is 17.9 Å². The summed E-state index contributed by atoms with van der Waals surface area (Å²) in [6, 6.07) is 3.98. The van der Waals surface area contributed by atoms with Crippen LogP contribution in [-0.2, 0) is 6.42 Å². The number of carbonyl (C=O) groups excluding carboxylic acids is 1. The van der Waals surface area contributed by atoms with Crippen molar-refractivity contribution in [1.82, 2.24) is 14.8 Å². The van der Waals surface area contributed by atoms with E-state index in [1.165, 1.54) is 0 Å². The number of aromatic nitrogens is 1. The molecule has 1 amide bonds. The fraction of sp³-hybridized carbons (Fsp3) is 0.600. The number of rotatable bonds is 3. The third-order valence-corrected chi connectivity index (χ3v) is 3.92. The number of pyridine rings is 1. The first-order valence-corrected chi connectivity index (χ1v) is 7.23. The minimum Gasteiger partial charge on any atom is -0.384 e. The van der Waals surface area contributed by atoms with Gasteiger partial charge in [0.2, 0.25) is 0 Å². The summed E-state index contributed by atoms with van der Waals surface area (Å²) in [5.74, 6) is 0.495. The largest absolute Gasteiger partial charge is 0.384 e. The molecule has 1 fully saturated rings. The first kappa shape index (κ1) is 14.8. The molecule has 5 nitrogen and oxygen atoms in total. The summed E-state index contributed by atoms with van der Waals surface area (Å²) >= 11 is 0. The van der Waals surface area contributed by atoms with Crippen molar-refractivity contribution >= 4 is 11.7 Å². The number of likely N-dealkylation sites (N-methyl/N-ethyl adjacent to an activating group) is 1.